The number of non-ortho nitro benzene ring substituents is 1. The molecular formula is C17H12F4N2O3. The summed E-state index contributed by atoms with van der Waals surface area (Å²) in [6, 6.07) is 5.89. The number of hydrogen-bond donors (Lipinski definition) is 0. The number of aryl methyl sites for hydroxylation is 1. The van der Waals surface area contributed by atoms with Crippen molar-refractivity contribution >= 4 is 17.3 Å². The molecule has 9 heteroatoms. The van der Waals surface area contributed by atoms with Gasteiger partial charge in [-0.25, -0.2) is 4.39 Å². The van der Waals surface area contributed by atoms with Crippen LogP contribution in [-0.2, 0) is 23.9 Å². The molecule has 0 N–H and O–H groups in total. The molecule has 3 rings (SSSR count). The summed E-state index contributed by atoms with van der Waals surface area (Å²) in [6.07, 6.45) is -4.32. The van der Waals surface area contributed by atoms with Crippen LogP contribution in [-0.4, -0.2) is 10.8 Å². The van der Waals surface area contributed by atoms with Gasteiger partial charge in [0.2, 0.25) is 5.91 Å². The number of carbonyl (C=O) groups excluding carboxylic acids is 1. The Balaban J connectivity index is 1.98. The summed E-state index contributed by atoms with van der Waals surface area (Å²) in [6.45, 7) is -0.389. The smallest absolute Gasteiger partial charge is 0.308 e. The molecule has 0 aromatic heterocycles. The van der Waals surface area contributed by atoms with Crippen molar-refractivity contribution in [2.45, 2.75) is 25.6 Å². The third-order valence-corrected chi connectivity index (χ3v) is 4.18. The second-order valence-electron chi connectivity index (χ2n) is 5.85. The Morgan fingerprint density at radius 3 is 2.50 bits per heavy atom. The predicted molar refractivity (Wildman–Crippen MR) is 84.0 cm³/mol. The molecule has 2 aromatic rings. The number of nitro benzene ring substituents is 1. The standard InChI is InChI=1S/C17H12F4N2O3/c18-14-4-2-12(17(19,20)21)7-11(14)9-22-15-5-3-13(23(25)26)8-10(15)1-6-16(22)24/h2-5,7-8H,1,6,9H2. The van der Waals surface area contributed by atoms with Gasteiger partial charge < -0.3 is 4.90 Å². The molecule has 1 aliphatic rings. The van der Waals surface area contributed by atoms with E-state index in [4.69, 9.17) is 0 Å². The zero-order chi connectivity index (χ0) is 19.1. The topological polar surface area (TPSA) is 63.4 Å². The van der Waals surface area contributed by atoms with Gasteiger partial charge in [-0.1, -0.05) is 0 Å². The summed E-state index contributed by atoms with van der Waals surface area (Å²) in [4.78, 5) is 23.7. The van der Waals surface area contributed by atoms with E-state index >= 15 is 0 Å². The highest BCUT2D eigenvalue weighted by atomic mass is 19.4. The van der Waals surface area contributed by atoms with Gasteiger partial charge in [0, 0.05) is 29.8 Å². The molecule has 1 amide bonds. The van der Waals surface area contributed by atoms with Crippen molar-refractivity contribution in [3.05, 3.63) is 69.0 Å². The van der Waals surface area contributed by atoms with Gasteiger partial charge in [0.25, 0.3) is 5.69 Å². The highest BCUT2D eigenvalue weighted by Gasteiger charge is 2.32. The number of rotatable bonds is 3. The zero-order valence-electron chi connectivity index (χ0n) is 13.2. The maximum atomic E-state index is 14.0. The largest absolute Gasteiger partial charge is 0.416 e. The third kappa shape index (κ3) is 3.37. The lowest BCUT2D eigenvalue weighted by Crippen LogP contribution is -2.35. The molecule has 0 atom stereocenters. The lowest BCUT2D eigenvalue weighted by Gasteiger charge is -2.29. The number of fused-ring (bicyclic) bond motifs is 1. The first-order valence-corrected chi connectivity index (χ1v) is 7.60. The molecule has 0 aliphatic carbocycles. The normalized spacial score (nSPS) is 14.3. The molecule has 1 aliphatic heterocycles. The quantitative estimate of drug-likeness (QED) is 0.463. The first-order valence-electron chi connectivity index (χ1n) is 7.60. The van der Waals surface area contributed by atoms with Crippen molar-refractivity contribution in [2.75, 3.05) is 4.90 Å². The number of halogens is 4. The molecule has 0 saturated heterocycles. The van der Waals surface area contributed by atoms with Crippen LogP contribution >= 0.6 is 0 Å². The van der Waals surface area contributed by atoms with Crippen molar-refractivity contribution < 1.29 is 27.3 Å². The molecule has 0 radical (unpaired) electrons. The molecule has 1 heterocycles. The minimum atomic E-state index is -4.63. The monoisotopic (exact) mass is 368 g/mol. The van der Waals surface area contributed by atoms with E-state index in [-0.39, 0.29) is 36.5 Å². The number of alkyl halides is 3. The molecular weight excluding hydrogens is 356 g/mol. The van der Waals surface area contributed by atoms with E-state index in [2.05, 4.69) is 0 Å². The van der Waals surface area contributed by atoms with Crippen LogP contribution in [0.1, 0.15) is 23.1 Å². The number of anilines is 1. The van der Waals surface area contributed by atoms with Crippen molar-refractivity contribution in [3.8, 4) is 0 Å². The minimum absolute atomic E-state index is 0.0365. The lowest BCUT2D eigenvalue weighted by atomic mass is 9.99. The van der Waals surface area contributed by atoms with E-state index in [1.54, 1.807) is 0 Å². The molecule has 0 spiro atoms. The lowest BCUT2D eigenvalue weighted by molar-refractivity contribution is -0.384. The van der Waals surface area contributed by atoms with Gasteiger partial charge >= 0.3 is 6.18 Å². The van der Waals surface area contributed by atoms with Crippen LogP contribution in [0.4, 0.5) is 28.9 Å². The Morgan fingerprint density at radius 1 is 1.12 bits per heavy atom. The number of nitrogens with zero attached hydrogens (tertiary/aromatic N) is 2. The zero-order valence-corrected chi connectivity index (χ0v) is 13.2. The first kappa shape index (κ1) is 17.8. The summed E-state index contributed by atoms with van der Waals surface area (Å²) in [5, 5.41) is 10.9. The Hall–Kier alpha value is -2.97. The van der Waals surface area contributed by atoms with Crippen LogP contribution in [0.3, 0.4) is 0 Å². The number of nitro groups is 1. The molecule has 26 heavy (non-hydrogen) atoms. The number of benzene rings is 2. The van der Waals surface area contributed by atoms with E-state index < -0.39 is 22.5 Å². The molecule has 0 unspecified atom stereocenters. The Kier molecular flexibility index (Phi) is 4.39. The van der Waals surface area contributed by atoms with E-state index in [1.807, 2.05) is 0 Å². The number of carbonyl (C=O) groups is 1. The number of hydrogen-bond acceptors (Lipinski definition) is 3. The van der Waals surface area contributed by atoms with Crippen molar-refractivity contribution in [1.29, 1.82) is 0 Å². The summed E-state index contributed by atoms with van der Waals surface area (Å²) in [5.74, 6) is -1.25. The van der Waals surface area contributed by atoms with Crippen molar-refractivity contribution in [3.63, 3.8) is 0 Å². The van der Waals surface area contributed by atoms with Crippen LogP contribution in [0.2, 0.25) is 0 Å². The van der Waals surface area contributed by atoms with Crippen LogP contribution in [0.15, 0.2) is 36.4 Å². The SMILES string of the molecule is O=C1CCc2cc([N+](=O)[O-])ccc2N1Cc1cc(C(F)(F)F)ccc1F. The van der Waals surface area contributed by atoms with Crippen LogP contribution < -0.4 is 4.90 Å². The second kappa shape index (κ2) is 6.40. The van der Waals surface area contributed by atoms with E-state index in [0.717, 1.165) is 4.90 Å². The van der Waals surface area contributed by atoms with Crippen LogP contribution in [0, 0.1) is 15.9 Å². The summed E-state index contributed by atoms with van der Waals surface area (Å²) < 4.78 is 52.5. The second-order valence-corrected chi connectivity index (χ2v) is 5.85. The number of amides is 1. The fourth-order valence-corrected chi connectivity index (χ4v) is 2.88. The molecule has 0 saturated carbocycles. The first-order chi connectivity index (χ1) is 12.2. The summed E-state index contributed by atoms with van der Waals surface area (Å²) in [7, 11) is 0. The minimum Gasteiger partial charge on any atom is -0.308 e. The Bertz CT molecular complexity index is 896. The molecule has 0 fully saturated rings. The summed E-state index contributed by atoms with van der Waals surface area (Å²) in [5.41, 5.74) is -0.584. The molecule has 5 nitrogen and oxygen atoms in total. The maximum absolute atomic E-state index is 14.0. The van der Waals surface area contributed by atoms with E-state index in [0.29, 0.717) is 29.4 Å². The fourth-order valence-electron chi connectivity index (χ4n) is 2.88. The van der Waals surface area contributed by atoms with E-state index in [1.165, 1.54) is 18.2 Å². The maximum Gasteiger partial charge on any atom is 0.416 e. The Morgan fingerprint density at radius 2 is 1.85 bits per heavy atom. The van der Waals surface area contributed by atoms with Gasteiger partial charge in [-0.2, -0.15) is 13.2 Å². The van der Waals surface area contributed by atoms with Gasteiger partial charge in [0.05, 0.1) is 17.0 Å². The van der Waals surface area contributed by atoms with Crippen LogP contribution in [0.25, 0.3) is 0 Å². The van der Waals surface area contributed by atoms with E-state index in [9.17, 15) is 32.5 Å². The highest BCUT2D eigenvalue weighted by Crippen LogP contribution is 2.34. The predicted octanol–water partition coefficient (Wildman–Crippen LogP) is 4.23. The van der Waals surface area contributed by atoms with Gasteiger partial charge in [0.1, 0.15) is 5.82 Å². The summed E-state index contributed by atoms with van der Waals surface area (Å²) >= 11 is 0. The average molecular weight is 368 g/mol. The fraction of sp³-hybridized carbons (Fsp3) is 0.235. The van der Waals surface area contributed by atoms with Crippen molar-refractivity contribution in [1.82, 2.24) is 0 Å². The van der Waals surface area contributed by atoms with Gasteiger partial charge in [0.15, 0.2) is 0 Å². The van der Waals surface area contributed by atoms with Crippen molar-refractivity contribution in [2.24, 2.45) is 0 Å². The van der Waals surface area contributed by atoms with Gasteiger partial charge in [-0.3, -0.25) is 14.9 Å². The highest BCUT2D eigenvalue weighted by molar-refractivity contribution is 5.96. The molecule has 0 bridgehead atoms. The van der Waals surface area contributed by atoms with Gasteiger partial charge in [-0.15, -0.1) is 0 Å². The average Bonchev–Trinajstić information content (AvgIpc) is 2.57. The van der Waals surface area contributed by atoms with Gasteiger partial charge in [-0.05, 0) is 36.2 Å². The van der Waals surface area contributed by atoms with Crippen LogP contribution in [0.5, 0.6) is 0 Å². The molecule has 2 aromatic carbocycles. The third-order valence-electron chi connectivity index (χ3n) is 4.18. The Labute approximate surface area is 145 Å². The molecule has 136 valence electrons.